The largest absolute Gasteiger partial charge is 0.494 e. The number of nitrogens with zero attached hydrogens (tertiary/aromatic N) is 1. The predicted octanol–water partition coefficient (Wildman–Crippen LogP) is 6.10. The number of ether oxygens (including phenoxy) is 1. The van der Waals surface area contributed by atoms with Gasteiger partial charge in [-0.25, -0.2) is 4.39 Å². The zero-order valence-electron chi connectivity index (χ0n) is 18.2. The Balaban J connectivity index is 1.79. The molecule has 1 aromatic heterocycles. The zero-order valence-corrected chi connectivity index (χ0v) is 18.2. The van der Waals surface area contributed by atoms with Crippen LogP contribution in [0.4, 0.5) is 23.2 Å². The van der Waals surface area contributed by atoms with E-state index in [-0.39, 0.29) is 28.0 Å². The molecular weight excluding hydrogens is 466 g/mol. The van der Waals surface area contributed by atoms with Crippen LogP contribution in [0.5, 0.6) is 5.75 Å². The smallest absolute Gasteiger partial charge is 0.416 e. The van der Waals surface area contributed by atoms with Crippen molar-refractivity contribution < 1.29 is 31.5 Å². The normalized spacial score (nSPS) is 15.5. The fraction of sp³-hybridized carbons (Fsp3) is 0.154. The molecule has 0 aliphatic carbocycles. The van der Waals surface area contributed by atoms with Gasteiger partial charge in [-0.15, -0.1) is 0 Å². The number of halogens is 4. The molecule has 4 aromatic rings. The van der Waals surface area contributed by atoms with Gasteiger partial charge in [-0.3, -0.25) is 14.5 Å². The number of amides is 1. The Hall–Kier alpha value is -4.14. The first-order valence-electron chi connectivity index (χ1n) is 10.7. The summed E-state index contributed by atoms with van der Waals surface area (Å²) in [5.74, 6) is -1.31. The number of anilines is 1. The Morgan fingerprint density at radius 3 is 2.51 bits per heavy atom. The summed E-state index contributed by atoms with van der Waals surface area (Å²) in [5, 5.41) is -0.0756. The number of hydrogen-bond acceptors (Lipinski definition) is 4. The molecule has 0 bridgehead atoms. The number of rotatable bonds is 4. The lowest BCUT2D eigenvalue weighted by Gasteiger charge is -2.26. The highest BCUT2D eigenvalue weighted by molar-refractivity contribution is 6.10. The molecule has 1 amide bonds. The fourth-order valence-corrected chi connectivity index (χ4v) is 4.30. The van der Waals surface area contributed by atoms with Gasteiger partial charge in [0.1, 0.15) is 17.1 Å². The zero-order chi connectivity index (χ0) is 24.9. The Kier molecular flexibility index (Phi) is 5.35. The topological polar surface area (TPSA) is 59.8 Å². The minimum Gasteiger partial charge on any atom is -0.494 e. The highest BCUT2D eigenvalue weighted by Gasteiger charge is 2.44. The number of benzene rings is 3. The number of fused-ring (bicyclic) bond motifs is 2. The van der Waals surface area contributed by atoms with E-state index < -0.39 is 34.9 Å². The van der Waals surface area contributed by atoms with Crippen LogP contribution in [0.15, 0.2) is 75.9 Å². The summed E-state index contributed by atoms with van der Waals surface area (Å²) in [6.45, 7) is 2.14. The minimum absolute atomic E-state index is 0.00351. The first kappa shape index (κ1) is 22.6. The third-order valence-corrected chi connectivity index (χ3v) is 5.77. The van der Waals surface area contributed by atoms with Crippen molar-refractivity contribution in [2.24, 2.45) is 0 Å². The average Bonchev–Trinajstić information content (AvgIpc) is 3.12. The Labute approximate surface area is 196 Å². The fourth-order valence-electron chi connectivity index (χ4n) is 4.30. The second kappa shape index (κ2) is 8.26. The number of carbonyl (C=O) groups is 1. The van der Waals surface area contributed by atoms with E-state index in [1.54, 1.807) is 31.2 Å². The molecule has 2 heterocycles. The Morgan fingerprint density at radius 1 is 1.00 bits per heavy atom. The summed E-state index contributed by atoms with van der Waals surface area (Å²) in [7, 11) is 0. The molecule has 0 saturated carbocycles. The first-order valence-corrected chi connectivity index (χ1v) is 10.7. The van der Waals surface area contributed by atoms with Crippen LogP contribution in [-0.2, 0) is 6.18 Å². The van der Waals surface area contributed by atoms with E-state index in [0.717, 1.165) is 29.2 Å². The predicted molar refractivity (Wildman–Crippen MR) is 120 cm³/mol. The van der Waals surface area contributed by atoms with E-state index in [9.17, 15) is 27.2 Å². The molecule has 9 heteroatoms. The van der Waals surface area contributed by atoms with Crippen LogP contribution in [0.1, 0.15) is 40.2 Å². The molecule has 1 aliphatic rings. The average molecular weight is 483 g/mol. The quantitative estimate of drug-likeness (QED) is 0.329. The van der Waals surface area contributed by atoms with Crippen molar-refractivity contribution in [1.82, 2.24) is 0 Å². The van der Waals surface area contributed by atoms with Gasteiger partial charge < -0.3 is 9.15 Å². The van der Waals surface area contributed by atoms with Crippen LogP contribution in [0, 0.1) is 5.82 Å². The van der Waals surface area contributed by atoms with Crippen LogP contribution in [0.25, 0.3) is 11.0 Å². The van der Waals surface area contributed by atoms with E-state index in [0.29, 0.717) is 17.9 Å². The summed E-state index contributed by atoms with van der Waals surface area (Å²) < 4.78 is 65.5. The highest BCUT2D eigenvalue weighted by Crippen LogP contribution is 2.43. The monoisotopic (exact) mass is 483 g/mol. The lowest BCUT2D eigenvalue weighted by molar-refractivity contribution is -0.137. The van der Waals surface area contributed by atoms with Crippen molar-refractivity contribution in [1.29, 1.82) is 0 Å². The molecule has 0 radical (unpaired) electrons. The molecule has 0 fully saturated rings. The van der Waals surface area contributed by atoms with Crippen molar-refractivity contribution in [2.45, 2.75) is 19.1 Å². The molecule has 5 nitrogen and oxygen atoms in total. The van der Waals surface area contributed by atoms with Gasteiger partial charge in [-0.2, -0.15) is 13.2 Å². The van der Waals surface area contributed by atoms with Gasteiger partial charge in [-0.1, -0.05) is 18.2 Å². The van der Waals surface area contributed by atoms with Crippen molar-refractivity contribution >= 4 is 22.6 Å². The van der Waals surface area contributed by atoms with Gasteiger partial charge in [0, 0.05) is 5.69 Å². The van der Waals surface area contributed by atoms with E-state index in [2.05, 4.69) is 0 Å². The molecule has 1 aliphatic heterocycles. The molecule has 0 spiro atoms. The van der Waals surface area contributed by atoms with Crippen LogP contribution >= 0.6 is 0 Å². The van der Waals surface area contributed by atoms with Crippen LogP contribution in [-0.4, -0.2) is 12.5 Å². The van der Waals surface area contributed by atoms with Crippen molar-refractivity contribution in [3.63, 3.8) is 0 Å². The lowest BCUT2D eigenvalue weighted by atomic mass is 9.98. The lowest BCUT2D eigenvalue weighted by Crippen LogP contribution is -2.29. The van der Waals surface area contributed by atoms with Crippen molar-refractivity contribution in [3.8, 4) is 5.75 Å². The number of alkyl halides is 3. The van der Waals surface area contributed by atoms with Gasteiger partial charge in [0.25, 0.3) is 5.91 Å². The second-order valence-corrected chi connectivity index (χ2v) is 7.95. The van der Waals surface area contributed by atoms with Gasteiger partial charge in [-0.05, 0) is 61.0 Å². The molecule has 0 N–H and O–H groups in total. The minimum atomic E-state index is -4.64. The maximum Gasteiger partial charge on any atom is 0.416 e. The Morgan fingerprint density at radius 2 is 1.77 bits per heavy atom. The van der Waals surface area contributed by atoms with Crippen LogP contribution < -0.4 is 15.1 Å². The summed E-state index contributed by atoms with van der Waals surface area (Å²) in [6.07, 6.45) is -4.64. The summed E-state index contributed by atoms with van der Waals surface area (Å²) in [4.78, 5) is 28.1. The van der Waals surface area contributed by atoms with Gasteiger partial charge in [0.2, 0.25) is 5.76 Å². The van der Waals surface area contributed by atoms with Crippen molar-refractivity contribution in [3.05, 3.63) is 105 Å². The molecule has 1 unspecified atom stereocenters. The second-order valence-electron chi connectivity index (χ2n) is 7.95. The van der Waals surface area contributed by atoms with Crippen LogP contribution in [0.2, 0.25) is 0 Å². The van der Waals surface area contributed by atoms with E-state index >= 15 is 0 Å². The summed E-state index contributed by atoms with van der Waals surface area (Å²) >= 11 is 0. The summed E-state index contributed by atoms with van der Waals surface area (Å²) in [6, 6.07) is 13.0. The number of hydrogen-bond donors (Lipinski definition) is 0. The standard InChI is InChI=1S/C26H17F4NO4/c1-2-34-18-8-3-5-14(11-18)22-21-23(32)19-13-16(27)9-10-20(19)35-24(21)25(33)31(22)17-7-4-6-15(12-17)26(28,29)30/h3-13,22H,2H2,1H3. The molecule has 5 rings (SSSR count). The third-order valence-electron chi connectivity index (χ3n) is 5.77. The maximum atomic E-state index is 13.9. The molecular formula is C26H17F4NO4. The SMILES string of the molecule is CCOc1cccc(C2c3c(oc4ccc(F)cc4c3=O)C(=O)N2c2cccc(C(F)(F)F)c2)c1. The highest BCUT2D eigenvalue weighted by atomic mass is 19.4. The summed E-state index contributed by atoms with van der Waals surface area (Å²) in [5.41, 5.74) is -1.33. The van der Waals surface area contributed by atoms with Crippen molar-refractivity contribution in [2.75, 3.05) is 11.5 Å². The first-order chi connectivity index (χ1) is 16.7. The molecule has 3 aromatic carbocycles. The van der Waals surface area contributed by atoms with Crippen LogP contribution in [0.3, 0.4) is 0 Å². The molecule has 0 saturated heterocycles. The molecule has 35 heavy (non-hydrogen) atoms. The van der Waals surface area contributed by atoms with E-state index in [1.165, 1.54) is 18.2 Å². The maximum absolute atomic E-state index is 13.9. The molecule has 1 atom stereocenters. The third kappa shape index (κ3) is 3.82. The van der Waals surface area contributed by atoms with Gasteiger partial charge >= 0.3 is 6.18 Å². The van der Waals surface area contributed by atoms with Gasteiger partial charge in [0.05, 0.1) is 29.2 Å². The number of carbonyl (C=O) groups excluding carboxylic acids is 1. The Bertz CT molecular complexity index is 1530. The van der Waals surface area contributed by atoms with Gasteiger partial charge in [0.15, 0.2) is 5.43 Å². The molecule has 178 valence electrons. The van der Waals surface area contributed by atoms with E-state index in [4.69, 9.17) is 9.15 Å². The van der Waals surface area contributed by atoms with E-state index in [1.807, 2.05) is 0 Å².